The van der Waals surface area contributed by atoms with Crippen molar-refractivity contribution in [2.45, 2.75) is 13.8 Å². The Hall–Kier alpha value is -3.59. The summed E-state index contributed by atoms with van der Waals surface area (Å²) in [5.74, 6) is 0.835. The first-order chi connectivity index (χ1) is 14.3. The molecule has 0 amide bonds. The molecule has 0 unspecified atom stereocenters. The molecule has 9 nitrogen and oxygen atoms in total. The molecular weight excluding hydrogens is 410 g/mol. The molecular formula is C20H20ClN5O4. The Morgan fingerprint density at radius 1 is 0.967 bits per heavy atom. The SMILES string of the molecule is COc1cc(OC)c(Nc2ncnc(Nc3ccc(C)c(C)c3)c2[N+](=O)[O-])cc1Cl. The molecule has 0 aliphatic rings. The van der Waals surface area contributed by atoms with Gasteiger partial charge in [0.15, 0.2) is 0 Å². The van der Waals surface area contributed by atoms with Crippen LogP contribution in [0.15, 0.2) is 36.7 Å². The minimum absolute atomic E-state index is 0.0131. The Balaban J connectivity index is 2.02. The summed E-state index contributed by atoms with van der Waals surface area (Å²) in [5, 5.41) is 18.1. The smallest absolute Gasteiger partial charge is 0.353 e. The van der Waals surface area contributed by atoms with Gasteiger partial charge in [0.25, 0.3) is 0 Å². The van der Waals surface area contributed by atoms with E-state index in [1.54, 1.807) is 12.1 Å². The summed E-state index contributed by atoms with van der Waals surface area (Å²) in [7, 11) is 2.95. The van der Waals surface area contributed by atoms with Crippen LogP contribution in [-0.2, 0) is 0 Å². The highest BCUT2D eigenvalue weighted by molar-refractivity contribution is 6.32. The van der Waals surface area contributed by atoms with Gasteiger partial charge < -0.3 is 20.1 Å². The fraction of sp³-hybridized carbons (Fsp3) is 0.200. The second-order valence-corrected chi connectivity index (χ2v) is 6.82. The number of aromatic nitrogens is 2. The Kier molecular flexibility index (Phi) is 6.22. The fourth-order valence-corrected chi connectivity index (χ4v) is 3.02. The Bertz CT molecular complexity index is 1110. The largest absolute Gasteiger partial charge is 0.495 e. The van der Waals surface area contributed by atoms with Gasteiger partial charge in [0, 0.05) is 11.8 Å². The van der Waals surface area contributed by atoms with Crippen LogP contribution in [0.2, 0.25) is 5.02 Å². The van der Waals surface area contributed by atoms with Crippen LogP contribution in [0.4, 0.5) is 28.7 Å². The Morgan fingerprint density at radius 3 is 2.23 bits per heavy atom. The van der Waals surface area contributed by atoms with Crippen LogP contribution in [0.5, 0.6) is 11.5 Å². The Morgan fingerprint density at radius 2 is 1.63 bits per heavy atom. The molecule has 30 heavy (non-hydrogen) atoms. The minimum atomic E-state index is -0.552. The van der Waals surface area contributed by atoms with Crippen LogP contribution >= 0.6 is 11.6 Å². The van der Waals surface area contributed by atoms with Gasteiger partial charge in [-0.3, -0.25) is 10.1 Å². The summed E-state index contributed by atoms with van der Waals surface area (Å²) in [4.78, 5) is 19.4. The number of methoxy groups -OCH3 is 2. The number of hydrogen-bond acceptors (Lipinski definition) is 8. The van der Waals surface area contributed by atoms with Crippen LogP contribution in [0.25, 0.3) is 0 Å². The van der Waals surface area contributed by atoms with Crippen LogP contribution in [0.1, 0.15) is 11.1 Å². The third-order valence-corrected chi connectivity index (χ3v) is 4.80. The lowest BCUT2D eigenvalue weighted by Gasteiger charge is -2.14. The molecule has 10 heteroatoms. The highest BCUT2D eigenvalue weighted by Gasteiger charge is 2.24. The van der Waals surface area contributed by atoms with E-state index >= 15 is 0 Å². The molecule has 0 aliphatic heterocycles. The number of ether oxygens (including phenoxy) is 2. The number of halogens is 1. The average molecular weight is 430 g/mol. The predicted molar refractivity (Wildman–Crippen MR) is 116 cm³/mol. The highest BCUT2D eigenvalue weighted by Crippen LogP contribution is 2.40. The van der Waals surface area contributed by atoms with Gasteiger partial charge in [0.05, 0.1) is 29.9 Å². The molecule has 1 heterocycles. The van der Waals surface area contributed by atoms with Crippen LogP contribution < -0.4 is 20.1 Å². The number of aryl methyl sites for hydroxylation is 2. The molecule has 0 atom stereocenters. The van der Waals surface area contributed by atoms with Crippen LogP contribution in [0.3, 0.4) is 0 Å². The van der Waals surface area contributed by atoms with Gasteiger partial charge >= 0.3 is 5.69 Å². The van der Waals surface area contributed by atoms with Crippen molar-refractivity contribution in [2.75, 3.05) is 24.9 Å². The van der Waals surface area contributed by atoms with E-state index in [4.69, 9.17) is 21.1 Å². The molecule has 0 fully saturated rings. The molecule has 1 aromatic heterocycles. The Labute approximate surface area is 178 Å². The van der Waals surface area contributed by atoms with Gasteiger partial charge in [0.1, 0.15) is 17.8 Å². The first kappa shape index (κ1) is 21.1. The minimum Gasteiger partial charge on any atom is -0.495 e. The normalized spacial score (nSPS) is 10.4. The van der Waals surface area contributed by atoms with Crippen molar-refractivity contribution < 1.29 is 14.4 Å². The number of anilines is 4. The van der Waals surface area contributed by atoms with Crippen molar-refractivity contribution in [1.29, 1.82) is 0 Å². The molecule has 3 aromatic rings. The first-order valence-corrected chi connectivity index (χ1v) is 9.24. The zero-order chi connectivity index (χ0) is 21.8. The molecule has 0 aliphatic carbocycles. The maximum atomic E-state index is 11.8. The summed E-state index contributed by atoms with van der Waals surface area (Å²) in [6.45, 7) is 3.95. The summed E-state index contributed by atoms with van der Waals surface area (Å²) in [6.07, 6.45) is 1.23. The van der Waals surface area contributed by atoms with Gasteiger partial charge in [-0.1, -0.05) is 17.7 Å². The summed E-state index contributed by atoms with van der Waals surface area (Å²) < 4.78 is 10.5. The molecule has 3 rings (SSSR count). The molecule has 0 radical (unpaired) electrons. The van der Waals surface area contributed by atoms with Crippen molar-refractivity contribution in [3.8, 4) is 11.5 Å². The third kappa shape index (κ3) is 4.36. The number of nitrogens with one attached hydrogen (secondary N) is 2. The van der Waals surface area contributed by atoms with E-state index in [2.05, 4.69) is 20.6 Å². The van der Waals surface area contributed by atoms with E-state index in [0.29, 0.717) is 27.9 Å². The maximum absolute atomic E-state index is 11.8. The highest BCUT2D eigenvalue weighted by atomic mass is 35.5. The van der Waals surface area contributed by atoms with Crippen LogP contribution in [-0.4, -0.2) is 29.1 Å². The molecule has 2 aromatic carbocycles. The second-order valence-electron chi connectivity index (χ2n) is 6.41. The fourth-order valence-electron chi connectivity index (χ4n) is 2.78. The second kappa shape index (κ2) is 8.83. The molecule has 2 N–H and O–H groups in total. The summed E-state index contributed by atoms with van der Waals surface area (Å²) in [6, 6.07) is 8.76. The molecule has 0 spiro atoms. The standard InChI is InChI=1S/C20H20ClN5O4/c1-11-5-6-13(7-12(11)2)24-19-18(26(27)28)20(23-10-22-19)25-15-8-14(21)16(29-3)9-17(15)30-4/h5-10H,1-4H3,(H2,22,23,24,25). The van der Waals surface area contributed by atoms with E-state index in [-0.39, 0.29) is 17.3 Å². The summed E-state index contributed by atoms with van der Waals surface area (Å²) >= 11 is 6.19. The molecule has 0 saturated heterocycles. The number of nitrogens with zero attached hydrogens (tertiary/aromatic N) is 3. The van der Waals surface area contributed by atoms with E-state index in [0.717, 1.165) is 11.1 Å². The lowest BCUT2D eigenvalue weighted by molar-refractivity contribution is -0.383. The lowest BCUT2D eigenvalue weighted by atomic mass is 10.1. The van der Waals surface area contributed by atoms with Crippen molar-refractivity contribution in [1.82, 2.24) is 9.97 Å². The van der Waals surface area contributed by atoms with Gasteiger partial charge in [0.2, 0.25) is 11.6 Å². The van der Waals surface area contributed by atoms with E-state index < -0.39 is 4.92 Å². The van der Waals surface area contributed by atoms with Gasteiger partial charge in [-0.15, -0.1) is 0 Å². The topological polar surface area (TPSA) is 111 Å². The van der Waals surface area contributed by atoms with Crippen LogP contribution in [0, 0.1) is 24.0 Å². The first-order valence-electron chi connectivity index (χ1n) is 8.86. The third-order valence-electron chi connectivity index (χ3n) is 4.50. The number of benzene rings is 2. The maximum Gasteiger partial charge on any atom is 0.353 e. The quantitative estimate of drug-likeness (QED) is 0.391. The summed E-state index contributed by atoms with van der Waals surface area (Å²) in [5.41, 5.74) is 2.92. The number of hydrogen-bond donors (Lipinski definition) is 2. The number of nitro groups is 1. The van der Waals surface area contributed by atoms with Crippen molar-refractivity contribution >= 4 is 40.3 Å². The van der Waals surface area contributed by atoms with Gasteiger partial charge in [-0.05, 0) is 43.2 Å². The lowest BCUT2D eigenvalue weighted by Crippen LogP contribution is -2.06. The molecule has 0 bridgehead atoms. The molecule has 0 saturated carbocycles. The zero-order valence-corrected chi connectivity index (χ0v) is 17.6. The van der Waals surface area contributed by atoms with Crippen molar-refractivity contribution in [3.63, 3.8) is 0 Å². The van der Waals surface area contributed by atoms with Gasteiger partial charge in [-0.25, -0.2) is 9.97 Å². The van der Waals surface area contributed by atoms with Crippen molar-refractivity contribution in [2.24, 2.45) is 0 Å². The van der Waals surface area contributed by atoms with E-state index in [1.165, 1.54) is 20.5 Å². The predicted octanol–water partition coefficient (Wildman–Crippen LogP) is 5.16. The number of rotatable bonds is 7. The molecule has 156 valence electrons. The van der Waals surface area contributed by atoms with Gasteiger partial charge in [-0.2, -0.15) is 0 Å². The van der Waals surface area contributed by atoms with E-state index in [9.17, 15) is 10.1 Å². The van der Waals surface area contributed by atoms with Crippen molar-refractivity contribution in [3.05, 3.63) is 62.9 Å². The monoisotopic (exact) mass is 429 g/mol. The zero-order valence-electron chi connectivity index (χ0n) is 16.8. The van der Waals surface area contributed by atoms with E-state index in [1.807, 2.05) is 32.0 Å². The average Bonchev–Trinajstić information content (AvgIpc) is 2.71.